The highest BCUT2D eigenvalue weighted by Crippen LogP contribution is 2.25. The van der Waals surface area contributed by atoms with Crippen LogP contribution in [0.5, 0.6) is 0 Å². The monoisotopic (exact) mass is 276 g/mol. The fourth-order valence-corrected chi connectivity index (χ4v) is 2.78. The van der Waals surface area contributed by atoms with E-state index in [9.17, 15) is 4.79 Å². The number of nitrogens with zero attached hydrogens (tertiary/aromatic N) is 1. The highest BCUT2D eigenvalue weighted by Gasteiger charge is 2.30. The fraction of sp³-hybridized carbons (Fsp3) is 0.467. The molecule has 0 radical (unpaired) electrons. The molecule has 2 rings (SSSR count). The molecule has 1 fully saturated rings. The molecule has 102 valence electrons. The number of benzene rings is 1. The highest BCUT2D eigenvalue weighted by atomic mass is 32.1. The second kappa shape index (κ2) is 6.15. The molecule has 1 aromatic rings. The van der Waals surface area contributed by atoms with Crippen molar-refractivity contribution in [3.05, 3.63) is 35.9 Å². The van der Waals surface area contributed by atoms with Crippen LogP contribution in [0.25, 0.3) is 0 Å². The van der Waals surface area contributed by atoms with Crippen LogP contribution in [0.15, 0.2) is 30.3 Å². The summed E-state index contributed by atoms with van der Waals surface area (Å²) in [7, 11) is 0. The number of rotatable bonds is 5. The van der Waals surface area contributed by atoms with Crippen molar-refractivity contribution in [2.24, 2.45) is 11.7 Å². The minimum atomic E-state index is -0.0456. The van der Waals surface area contributed by atoms with E-state index < -0.39 is 0 Å². The largest absolute Gasteiger partial charge is 0.393 e. The van der Waals surface area contributed by atoms with E-state index in [1.807, 2.05) is 35.2 Å². The number of carbonyl (C=O) groups excluding carboxylic acids is 1. The van der Waals surface area contributed by atoms with Crippen LogP contribution in [0.2, 0.25) is 0 Å². The molecule has 1 aromatic carbocycles. The van der Waals surface area contributed by atoms with Gasteiger partial charge in [-0.1, -0.05) is 55.9 Å². The van der Waals surface area contributed by atoms with Gasteiger partial charge in [-0.25, -0.2) is 0 Å². The quantitative estimate of drug-likeness (QED) is 0.840. The predicted molar refractivity (Wildman–Crippen MR) is 80.9 cm³/mol. The van der Waals surface area contributed by atoms with E-state index in [1.165, 1.54) is 0 Å². The lowest BCUT2D eigenvalue weighted by molar-refractivity contribution is -0.127. The normalized spacial score (nSPS) is 20.6. The van der Waals surface area contributed by atoms with Crippen LogP contribution in [0.4, 0.5) is 0 Å². The lowest BCUT2D eigenvalue weighted by atomic mass is 9.98. The van der Waals surface area contributed by atoms with Crippen molar-refractivity contribution in [1.29, 1.82) is 0 Å². The van der Waals surface area contributed by atoms with Crippen LogP contribution in [-0.4, -0.2) is 28.9 Å². The summed E-state index contributed by atoms with van der Waals surface area (Å²) in [5, 5.41) is 0. The Kier molecular flexibility index (Phi) is 4.53. The number of hydrogen-bond acceptors (Lipinski definition) is 2. The molecule has 0 spiro atoms. The Morgan fingerprint density at radius 1 is 1.47 bits per heavy atom. The van der Waals surface area contributed by atoms with Crippen molar-refractivity contribution >= 4 is 23.1 Å². The Hall–Kier alpha value is -1.42. The molecule has 4 heteroatoms. The number of carbonyl (C=O) groups is 1. The highest BCUT2D eigenvalue weighted by molar-refractivity contribution is 7.80. The Morgan fingerprint density at radius 2 is 2.16 bits per heavy atom. The van der Waals surface area contributed by atoms with Gasteiger partial charge in [0.15, 0.2) is 0 Å². The van der Waals surface area contributed by atoms with Gasteiger partial charge in [-0.05, 0) is 11.5 Å². The molecule has 1 saturated heterocycles. The fourth-order valence-electron chi connectivity index (χ4n) is 2.57. The third kappa shape index (κ3) is 3.32. The summed E-state index contributed by atoms with van der Waals surface area (Å²) in [4.78, 5) is 14.3. The zero-order valence-corrected chi connectivity index (χ0v) is 12.0. The van der Waals surface area contributed by atoms with Crippen molar-refractivity contribution in [3.63, 3.8) is 0 Å². The topological polar surface area (TPSA) is 46.3 Å². The molecule has 19 heavy (non-hydrogen) atoms. The summed E-state index contributed by atoms with van der Waals surface area (Å²) < 4.78 is 0. The zero-order valence-electron chi connectivity index (χ0n) is 11.2. The summed E-state index contributed by atoms with van der Waals surface area (Å²) in [5.74, 6) is 0.662. The number of amides is 1. The standard InChI is InChI=1S/C15H20N2OS/c1-2-11-8-14(18)17(9-11)10-13(15(16)19)12-6-4-3-5-7-12/h3-7,11,13H,2,8-10H2,1H3,(H2,16,19). The molecule has 1 heterocycles. The Bertz CT molecular complexity index is 460. The molecule has 2 atom stereocenters. The third-order valence-electron chi connectivity index (χ3n) is 3.82. The zero-order chi connectivity index (χ0) is 13.8. The summed E-state index contributed by atoms with van der Waals surface area (Å²) in [6.45, 7) is 3.57. The Morgan fingerprint density at radius 3 is 2.68 bits per heavy atom. The molecule has 1 aliphatic rings. The SMILES string of the molecule is CCC1CC(=O)N(CC(C(N)=S)c2ccccc2)C1. The molecule has 2 unspecified atom stereocenters. The van der Waals surface area contributed by atoms with Crippen LogP contribution >= 0.6 is 12.2 Å². The third-order valence-corrected chi connectivity index (χ3v) is 4.10. The molecule has 0 bridgehead atoms. The minimum absolute atomic E-state index is 0.0456. The lowest BCUT2D eigenvalue weighted by Gasteiger charge is -2.23. The average Bonchev–Trinajstić information content (AvgIpc) is 2.77. The van der Waals surface area contributed by atoms with E-state index in [0.717, 1.165) is 18.5 Å². The summed E-state index contributed by atoms with van der Waals surface area (Å²) in [5.41, 5.74) is 6.94. The minimum Gasteiger partial charge on any atom is -0.393 e. The molecule has 2 N–H and O–H groups in total. The first-order valence-corrected chi connectivity index (χ1v) is 7.14. The molecule has 0 saturated carbocycles. The smallest absolute Gasteiger partial charge is 0.222 e. The van der Waals surface area contributed by atoms with E-state index >= 15 is 0 Å². The van der Waals surface area contributed by atoms with E-state index in [4.69, 9.17) is 18.0 Å². The van der Waals surface area contributed by atoms with Gasteiger partial charge in [0, 0.05) is 19.5 Å². The molecule has 0 aromatic heterocycles. The number of likely N-dealkylation sites (tertiary alicyclic amines) is 1. The Labute approximate surface area is 119 Å². The van der Waals surface area contributed by atoms with Gasteiger partial charge in [0.05, 0.1) is 10.9 Å². The maximum atomic E-state index is 12.0. The van der Waals surface area contributed by atoms with Crippen molar-refractivity contribution in [2.45, 2.75) is 25.7 Å². The van der Waals surface area contributed by atoms with Crippen molar-refractivity contribution in [3.8, 4) is 0 Å². The predicted octanol–water partition coefficient (Wildman–Crippen LogP) is 2.31. The summed E-state index contributed by atoms with van der Waals surface area (Å²) in [6.07, 6.45) is 1.71. The van der Waals surface area contributed by atoms with Crippen LogP contribution in [-0.2, 0) is 4.79 Å². The van der Waals surface area contributed by atoms with Gasteiger partial charge in [0.1, 0.15) is 0 Å². The number of thiocarbonyl (C=S) groups is 1. The maximum absolute atomic E-state index is 12.0. The molecule has 0 aliphatic carbocycles. The van der Waals surface area contributed by atoms with Crippen LogP contribution in [0, 0.1) is 5.92 Å². The van der Waals surface area contributed by atoms with Gasteiger partial charge in [-0.3, -0.25) is 4.79 Å². The number of nitrogens with two attached hydrogens (primary N) is 1. The number of hydrogen-bond donors (Lipinski definition) is 1. The van der Waals surface area contributed by atoms with Crippen molar-refractivity contribution in [1.82, 2.24) is 4.90 Å². The van der Waals surface area contributed by atoms with Gasteiger partial charge >= 0.3 is 0 Å². The maximum Gasteiger partial charge on any atom is 0.222 e. The Balaban J connectivity index is 2.10. The average molecular weight is 276 g/mol. The van der Waals surface area contributed by atoms with Gasteiger partial charge in [0.2, 0.25) is 5.91 Å². The first-order valence-electron chi connectivity index (χ1n) is 6.73. The van der Waals surface area contributed by atoms with E-state index in [2.05, 4.69) is 6.92 Å². The van der Waals surface area contributed by atoms with E-state index in [0.29, 0.717) is 23.9 Å². The van der Waals surface area contributed by atoms with Crippen LogP contribution in [0.3, 0.4) is 0 Å². The molecule has 1 aliphatic heterocycles. The van der Waals surface area contributed by atoms with Crippen molar-refractivity contribution in [2.75, 3.05) is 13.1 Å². The molecule has 3 nitrogen and oxygen atoms in total. The second-order valence-electron chi connectivity index (χ2n) is 5.14. The van der Waals surface area contributed by atoms with Gasteiger partial charge in [-0.15, -0.1) is 0 Å². The van der Waals surface area contributed by atoms with Crippen molar-refractivity contribution < 1.29 is 4.79 Å². The van der Waals surface area contributed by atoms with Crippen LogP contribution < -0.4 is 5.73 Å². The first-order chi connectivity index (χ1) is 9.11. The van der Waals surface area contributed by atoms with Crippen LogP contribution in [0.1, 0.15) is 31.2 Å². The molecular formula is C15H20N2OS. The molecular weight excluding hydrogens is 256 g/mol. The van der Waals surface area contributed by atoms with Gasteiger partial charge in [-0.2, -0.15) is 0 Å². The summed E-state index contributed by atoms with van der Waals surface area (Å²) in [6, 6.07) is 9.94. The lowest BCUT2D eigenvalue weighted by Crippen LogP contribution is -2.35. The summed E-state index contributed by atoms with van der Waals surface area (Å²) >= 11 is 5.17. The van der Waals surface area contributed by atoms with Gasteiger partial charge < -0.3 is 10.6 Å². The van der Waals surface area contributed by atoms with E-state index in [-0.39, 0.29) is 11.8 Å². The van der Waals surface area contributed by atoms with Gasteiger partial charge in [0.25, 0.3) is 0 Å². The molecule has 1 amide bonds. The van der Waals surface area contributed by atoms with E-state index in [1.54, 1.807) is 0 Å². The first kappa shape index (κ1) is 14.0. The second-order valence-corrected chi connectivity index (χ2v) is 5.61.